The van der Waals surface area contributed by atoms with Gasteiger partial charge in [-0.25, -0.2) is 9.79 Å². The van der Waals surface area contributed by atoms with Crippen molar-refractivity contribution in [1.29, 1.82) is 0 Å². The zero-order valence-electron chi connectivity index (χ0n) is 15.0. The Hall–Kier alpha value is -2.31. The van der Waals surface area contributed by atoms with Gasteiger partial charge in [0.05, 0.1) is 12.2 Å². The summed E-state index contributed by atoms with van der Waals surface area (Å²) in [5.41, 5.74) is 7.63. The Balaban J connectivity index is 1.86. The van der Waals surface area contributed by atoms with Gasteiger partial charge in [-0.15, -0.1) is 0 Å². The van der Waals surface area contributed by atoms with E-state index >= 15 is 0 Å². The van der Waals surface area contributed by atoms with Crippen molar-refractivity contribution in [2.24, 2.45) is 10.7 Å². The molecule has 0 radical (unpaired) electrons. The molecule has 0 aromatic carbocycles. The molecule has 2 heterocycles. The highest BCUT2D eigenvalue weighted by Crippen LogP contribution is 2.12. The lowest BCUT2D eigenvalue weighted by Gasteiger charge is -2.36. The van der Waals surface area contributed by atoms with E-state index in [0.29, 0.717) is 38.7 Å². The molecular weight excluding hydrogens is 306 g/mol. The van der Waals surface area contributed by atoms with Crippen LogP contribution in [0, 0.1) is 6.92 Å². The molecule has 0 bridgehead atoms. The quantitative estimate of drug-likeness (QED) is 0.658. The van der Waals surface area contributed by atoms with Gasteiger partial charge in [0.1, 0.15) is 5.60 Å². The number of pyridine rings is 1. The maximum absolute atomic E-state index is 12.1. The van der Waals surface area contributed by atoms with Gasteiger partial charge in [0.25, 0.3) is 0 Å². The van der Waals surface area contributed by atoms with Crippen molar-refractivity contribution < 1.29 is 9.53 Å². The third-order valence-electron chi connectivity index (χ3n) is 3.76. The number of rotatable bonds is 2. The van der Waals surface area contributed by atoms with Crippen LogP contribution < -0.4 is 5.73 Å². The predicted molar refractivity (Wildman–Crippen MR) is 93.7 cm³/mol. The molecule has 0 unspecified atom stereocenters. The Labute approximate surface area is 143 Å². The second-order valence-electron chi connectivity index (χ2n) is 6.90. The molecule has 1 saturated heterocycles. The van der Waals surface area contributed by atoms with E-state index in [-0.39, 0.29) is 6.09 Å². The van der Waals surface area contributed by atoms with Crippen molar-refractivity contribution in [2.45, 2.75) is 39.8 Å². The van der Waals surface area contributed by atoms with Gasteiger partial charge in [0, 0.05) is 32.4 Å². The van der Waals surface area contributed by atoms with E-state index in [1.807, 2.05) is 44.7 Å². The number of carbonyl (C=O) groups excluding carboxylic acids is 1. The highest BCUT2D eigenvalue weighted by molar-refractivity contribution is 5.78. The fraction of sp³-hybridized carbons (Fsp3) is 0.588. The topological polar surface area (TPSA) is 84.0 Å². The van der Waals surface area contributed by atoms with Crippen molar-refractivity contribution in [3.8, 4) is 0 Å². The maximum Gasteiger partial charge on any atom is 0.410 e. The molecule has 0 spiro atoms. The molecule has 1 aromatic rings. The summed E-state index contributed by atoms with van der Waals surface area (Å²) in [6.45, 7) is 10.5. The molecule has 0 aliphatic carbocycles. The van der Waals surface area contributed by atoms with Gasteiger partial charge in [0.15, 0.2) is 5.96 Å². The Morgan fingerprint density at radius 2 is 1.92 bits per heavy atom. The first kappa shape index (κ1) is 18.0. The van der Waals surface area contributed by atoms with Crippen LogP contribution in [0.3, 0.4) is 0 Å². The average Bonchev–Trinajstić information content (AvgIpc) is 2.52. The van der Waals surface area contributed by atoms with Gasteiger partial charge < -0.3 is 20.3 Å². The third kappa shape index (κ3) is 5.11. The molecule has 2 rings (SSSR count). The number of aryl methyl sites for hydroxylation is 1. The number of hydrogen-bond acceptors (Lipinski definition) is 4. The largest absolute Gasteiger partial charge is 0.444 e. The highest BCUT2D eigenvalue weighted by atomic mass is 16.6. The van der Waals surface area contributed by atoms with Crippen LogP contribution >= 0.6 is 0 Å². The molecule has 7 heteroatoms. The fourth-order valence-electron chi connectivity index (χ4n) is 2.38. The summed E-state index contributed by atoms with van der Waals surface area (Å²) in [4.78, 5) is 24.5. The second kappa shape index (κ2) is 7.51. The number of aliphatic imine (C=N–C) groups is 1. The minimum atomic E-state index is -0.477. The van der Waals surface area contributed by atoms with E-state index in [1.165, 1.54) is 0 Å². The summed E-state index contributed by atoms with van der Waals surface area (Å²) in [6, 6.07) is 3.91. The monoisotopic (exact) mass is 333 g/mol. The highest BCUT2D eigenvalue weighted by Gasteiger charge is 2.26. The van der Waals surface area contributed by atoms with Crippen molar-refractivity contribution in [2.75, 3.05) is 26.2 Å². The number of guanidine groups is 1. The minimum absolute atomic E-state index is 0.276. The first-order chi connectivity index (χ1) is 11.3. The van der Waals surface area contributed by atoms with Crippen LogP contribution in [0.5, 0.6) is 0 Å². The van der Waals surface area contributed by atoms with Crippen molar-refractivity contribution in [3.05, 3.63) is 29.6 Å². The molecule has 0 saturated carbocycles. The van der Waals surface area contributed by atoms with Gasteiger partial charge in [-0.3, -0.25) is 4.98 Å². The molecule has 1 aliphatic heterocycles. The van der Waals surface area contributed by atoms with E-state index in [2.05, 4.69) is 9.98 Å². The van der Waals surface area contributed by atoms with E-state index in [9.17, 15) is 4.79 Å². The normalized spacial score (nSPS) is 16.2. The second-order valence-corrected chi connectivity index (χ2v) is 6.90. The lowest BCUT2D eigenvalue weighted by atomic mass is 10.2. The van der Waals surface area contributed by atoms with Crippen LogP contribution in [0.1, 0.15) is 32.0 Å². The van der Waals surface area contributed by atoms with E-state index in [1.54, 1.807) is 11.1 Å². The lowest BCUT2D eigenvalue weighted by molar-refractivity contribution is 0.0186. The summed E-state index contributed by atoms with van der Waals surface area (Å²) < 4.78 is 5.39. The molecule has 1 fully saturated rings. The first-order valence-electron chi connectivity index (χ1n) is 8.19. The van der Waals surface area contributed by atoms with Gasteiger partial charge in [-0.05, 0) is 39.3 Å². The SMILES string of the molecule is Cc1cccnc1CN=C(N)N1CCN(C(=O)OC(C)(C)C)CC1. The van der Waals surface area contributed by atoms with Gasteiger partial charge in [-0.2, -0.15) is 0 Å². The molecule has 1 aromatic heterocycles. The fourth-order valence-corrected chi connectivity index (χ4v) is 2.38. The van der Waals surface area contributed by atoms with Crippen LogP contribution in [0.15, 0.2) is 23.3 Å². The van der Waals surface area contributed by atoms with Crippen molar-refractivity contribution in [3.63, 3.8) is 0 Å². The molecule has 1 amide bonds. The Morgan fingerprint density at radius 1 is 1.29 bits per heavy atom. The standard InChI is InChI=1S/C17H27N5O2/c1-13-6-5-7-19-14(13)12-20-15(18)21-8-10-22(11-9-21)16(23)24-17(2,3)4/h5-7H,8-12H2,1-4H3,(H2,18,20). The van der Waals surface area contributed by atoms with E-state index < -0.39 is 5.60 Å². The van der Waals surface area contributed by atoms with Crippen LogP contribution in [0.2, 0.25) is 0 Å². The van der Waals surface area contributed by atoms with E-state index in [0.717, 1.165) is 11.3 Å². The molecule has 24 heavy (non-hydrogen) atoms. The van der Waals surface area contributed by atoms with Crippen LogP contribution in [0.25, 0.3) is 0 Å². The lowest BCUT2D eigenvalue weighted by Crippen LogP contribution is -2.53. The van der Waals surface area contributed by atoms with Gasteiger partial charge in [0.2, 0.25) is 0 Å². The first-order valence-corrected chi connectivity index (χ1v) is 8.19. The molecule has 132 valence electrons. The number of amides is 1. The zero-order chi connectivity index (χ0) is 17.7. The average molecular weight is 333 g/mol. The zero-order valence-corrected chi connectivity index (χ0v) is 15.0. The third-order valence-corrected chi connectivity index (χ3v) is 3.76. The summed E-state index contributed by atoms with van der Waals surface area (Å²) in [6.07, 6.45) is 1.48. The number of hydrogen-bond donors (Lipinski definition) is 1. The number of nitrogens with two attached hydrogens (primary N) is 1. The van der Waals surface area contributed by atoms with Crippen molar-refractivity contribution >= 4 is 12.1 Å². The molecular formula is C17H27N5O2. The number of aromatic nitrogens is 1. The Morgan fingerprint density at radius 3 is 2.50 bits per heavy atom. The smallest absolute Gasteiger partial charge is 0.410 e. The molecule has 7 nitrogen and oxygen atoms in total. The minimum Gasteiger partial charge on any atom is -0.444 e. The summed E-state index contributed by atoms with van der Waals surface area (Å²) in [5, 5.41) is 0. The predicted octanol–water partition coefficient (Wildman–Crippen LogP) is 1.76. The number of piperazine rings is 1. The summed E-state index contributed by atoms with van der Waals surface area (Å²) >= 11 is 0. The summed E-state index contributed by atoms with van der Waals surface area (Å²) in [5.74, 6) is 0.490. The number of nitrogens with zero attached hydrogens (tertiary/aromatic N) is 4. The van der Waals surface area contributed by atoms with Crippen LogP contribution in [-0.2, 0) is 11.3 Å². The van der Waals surface area contributed by atoms with Crippen molar-refractivity contribution in [1.82, 2.24) is 14.8 Å². The molecule has 0 atom stereocenters. The Bertz CT molecular complexity index is 601. The Kier molecular flexibility index (Phi) is 5.64. The number of carbonyl (C=O) groups is 1. The molecule has 2 N–H and O–H groups in total. The van der Waals surface area contributed by atoms with E-state index in [4.69, 9.17) is 10.5 Å². The van der Waals surface area contributed by atoms with Gasteiger partial charge in [-0.1, -0.05) is 6.07 Å². The van der Waals surface area contributed by atoms with Crippen LogP contribution in [-0.4, -0.2) is 58.6 Å². The number of ether oxygens (including phenoxy) is 1. The maximum atomic E-state index is 12.1. The summed E-state index contributed by atoms with van der Waals surface area (Å²) in [7, 11) is 0. The van der Waals surface area contributed by atoms with Gasteiger partial charge >= 0.3 is 6.09 Å². The molecule has 1 aliphatic rings. The van der Waals surface area contributed by atoms with Crippen LogP contribution in [0.4, 0.5) is 4.79 Å².